The summed E-state index contributed by atoms with van der Waals surface area (Å²) in [5.74, 6) is -1.24. The van der Waals surface area contributed by atoms with Gasteiger partial charge in [0.15, 0.2) is 18.1 Å². The van der Waals surface area contributed by atoms with Crippen LogP contribution in [-0.2, 0) is 16.1 Å². The van der Waals surface area contributed by atoms with Crippen LogP contribution in [0.15, 0.2) is 35.7 Å². The van der Waals surface area contributed by atoms with Crippen LogP contribution in [0.1, 0.15) is 15.2 Å². The fourth-order valence-corrected chi connectivity index (χ4v) is 2.65. The first-order valence-electron chi connectivity index (χ1n) is 6.82. The Bertz CT molecular complexity index is 684. The van der Waals surface area contributed by atoms with Crippen molar-refractivity contribution in [2.24, 2.45) is 0 Å². The van der Waals surface area contributed by atoms with Crippen LogP contribution in [0.5, 0.6) is 11.5 Å². The Morgan fingerprint density at radius 2 is 2.04 bits per heavy atom. The van der Waals surface area contributed by atoms with Gasteiger partial charge in [0.2, 0.25) is 0 Å². The minimum Gasteiger partial charge on any atom is -0.504 e. The number of thiophene rings is 1. The normalized spacial score (nSPS) is 10.2. The zero-order chi connectivity index (χ0) is 16.8. The van der Waals surface area contributed by atoms with E-state index in [9.17, 15) is 14.7 Å². The van der Waals surface area contributed by atoms with Gasteiger partial charge in [-0.25, -0.2) is 4.79 Å². The summed E-state index contributed by atoms with van der Waals surface area (Å²) in [6.07, 6.45) is 0. The minimum absolute atomic E-state index is 0.0435. The Morgan fingerprint density at radius 3 is 2.70 bits per heavy atom. The van der Waals surface area contributed by atoms with Crippen molar-refractivity contribution < 1.29 is 24.2 Å². The number of carbonyl (C=O) groups is 2. The number of hydrogen-bond donors (Lipinski definition) is 1. The molecule has 0 saturated heterocycles. The van der Waals surface area contributed by atoms with Crippen molar-refractivity contribution in [2.45, 2.75) is 6.54 Å². The standard InChI is InChI=1S/C16H17NO5S/c1-17(9-11-5-4-8-23-11)14(18)10-22-16(20)12-6-3-7-13(21-2)15(12)19/h3-8,19H,9-10H2,1-2H3. The molecule has 0 spiro atoms. The van der Waals surface area contributed by atoms with Crippen molar-refractivity contribution in [3.8, 4) is 11.5 Å². The number of aromatic hydroxyl groups is 1. The lowest BCUT2D eigenvalue weighted by molar-refractivity contribution is -0.133. The van der Waals surface area contributed by atoms with Gasteiger partial charge >= 0.3 is 5.97 Å². The van der Waals surface area contributed by atoms with E-state index < -0.39 is 12.6 Å². The van der Waals surface area contributed by atoms with Crippen LogP contribution >= 0.6 is 11.3 Å². The van der Waals surface area contributed by atoms with E-state index in [1.807, 2.05) is 17.5 Å². The number of amides is 1. The van der Waals surface area contributed by atoms with Crippen molar-refractivity contribution in [1.82, 2.24) is 4.90 Å². The molecule has 0 fully saturated rings. The molecule has 0 bridgehead atoms. The topological polar surface area (TPSA) is 76.1 Å². The second-order valence-electron chi connectivity index (χ2n) is 4.76. The SMILES string of the molecule is COc1cccc(C(=O)OCC(=O)N(C)Cc2cccs2)c1O. The molecule has 6 nitrogen and oxygen atoms in total. The molecule has 1 amide bonds. The highest BCUT2D eigenvalue weighted by molar-refractivity contribution is 7.09. The van der Waals surface area contributed by atoms with Gasteiger partial charge in [-0.15, -0.1) is 11.3 Å². The van der Waals surface area contributed by atoms with Crippen molar-refractivity contribution >= 4 is 23.2 Å². The summed E-state index contributed by atoms with van der Waals surface area (Å²) in [5, 5.41) is 11.8. The molecule has 0 radical (unpaired) electrons. The van der Waals surface area contributed by atoms with Crippen molar-refractivity contribution in [3.05, 3.63) is 46.2 Å². The number of phenolic OH excluding ortho intramolecular Hbond substituents is 1. The van der Waals surface area contributed by atoms with Gasteiger partial charge < -0.3 is 19.5 Å². The summed E-state index contributed by atoms with van der Waals surface area (Å²) in [6.45, 7) is 0.0653. The van der Waals surface area contributed by atoms with Crippen molar-refractivity contribution in [2.75, 3.05) is 20.8 Å². The summed E-state index contributed by atoms with van der Waals surface area (Å²) in [4.78, 5) is 26.5. The molecule has 0 aliphatic carbocycles. The molecule has 0 atom stereocenters. The Hall–Kier alpha value is -2.54. The lowest BCUT2D eigenvalue weighted by Crippen LogP contribution is -2.30. The fraction of sp³-hybridized carbons (Fsp3) is 0.250. The maximum absolute atomic E-state index is 12.0. The van der Waals surface area contributed by atoms with Crippen LogP contribution in [0.25, 0.3) is 0 Å². The minimum atomic E-state index is -0.778. The Balaban J connectivity index is 1.92. The van der Waals surface area contributed by atoms with Gasteiger partial charge in [-0.3, -0.25) is 4.79 Å². The van der Waals surface area contributed by atoms with Crippen LogP contribution in [0, 0.1) is 0 Å². The smallest absolute Gasteiger partial charge is 0.342 e. The first-order valence-corrected chi connectivity index (χ1v) is 7.70. The van der Waals surface area contributed by atoms with E-state index in [4.69, 9.17) is 9.47 Å². The highest BCUT2D eigenvalue weighted by atomic mass is 32.1. The molecule has 2 rings (SSSR count). The highest BCUT2D eigenvalue weighted by Crippen LogP contribution is 2.29. The van der Waals surface area contributed by atoms with Gasteiger partial charge in [0.1, 0.15) is 5.56 Å². The summed E-state index contributed by atoms with van der Waals surface area (Å²) >= 11 is 1.55. The van der Waals surface area contributed by atoms with Gasteiger partial charge in [-0.1, -0.05) is 12.1 Å². The number of likely N-dealkylation sites (N-methyl/N-ethyl adjacent to an activating group) is 1. The van der Waals surface area contributed by atoms with E-state index in [0.29, 0.717) is 6.54 Å². The van der Waals surface area contributed by atoms with Crippen LogP contribution in [-0.4, -0.2) is 42.6 Å². The molecule has 2 aromatic rings. The maximum Gasteiger partial charge on any atom is 0.342 e. The molecule has 0 aliphatic rings. The molecule has 1 N–H and O–H groups in total. The first kappa shape index (κ1) is 16.8. The Morgan fingerprint density at radius 1 is 1.26 bits per heavy atom. The fourth-order valence-electron chi connectivity index (χ4n) is 1.89. The monoisotopic (exact) mass is 335 g/mol. The van der Waals surface area contributed by atoms with Crippen LogP contribution < -0.4 is 4.74 Å². The van der Waals surface area contributed by atoms with E-state index in [2.05, 4.69) is 0 Å². The molecular formula is C16H17NO5S. The van der Waals surface area contributed by atoms with Gasteiger partial charge in [0.05, 0.1) is 13.7 Å². The largest absolute Gasteiger partial charge is 0.504 e. The zero-order valence-electron chi connectivity index (χ0n) is 12.8. The number of rotatable bonds is 6. The predicted octanol–water partition coefficient (Wildman–Crippen LogP) is 2.28. The van der Waals surface area contributed by atoms with E-state index in [1.54, 1.807) is 24.5 Å². The molecule has 122 valence electrons. The van der Waals surface area contributed by atoms with E-state index in [0.717, 1.165) is 4.88 Å². The number of nitrogens with zero attached hydrogens (tertiary/aromatic N) is 1. The van der Waals surface area contributed by atoms with Gasteiger partial charge in [-0.2, -0.15) is 0 Å². The molecule has 23 heavy (non-hydrogen) atoms. The molecule has 1 heterocycles. The summed E-state index contributed by atoms with van der Waals surface area (Å²) < 4.78 is 9.89. The molecular weight excluding hydrogens is 318 g/mol. The van der Waals surface area contributed by atoms with Gasteiger partial charge in [0, 0.05) is 11.9 Å². The molecule has 7 heteroatoms. The zero-order valence-corrected chi connectivity index (χ0v) is 13.6. The number of benzene rings is 1. The lowest BCUT2D eigenvalue weighted by atomic mass is 10.2. The third-order valence-electron chi connectivity index (χ3n) is 3.16. The van der Waals surface area contributed by atoms with E-state index in [1.165, 1.54) is 24.1 Å². The molecule has 1 aromatic carbocycles. The second-order valence-corrected chi connectivity index (χ2v) is 5.79. The maximum atomic E-state index is 12.0. The number of para-hydroxylation sites is 1. The summed E-state index contributed by atoms with van der Waals surface area (Å²) in [6, 6.07) is 8.31. The summed E-state index contributed by atoms with van der Waals surface area (Å²) in [5.41, 5.74) is -0.0435. The van der Waals surface area contributed by atoms with Crippen LogP contribution in [0.4, 0.5) is 0 Å². The highest BCUT2D eigenvalue weighted by Gasteiger charge is 2.18. The third-order valence-corrected chi connectivity index (χ3v) is 4.03. The Kier molecular flexibility index (Phi) is 5.59. The molecule has 1 aromatic heterocycles. The Labute approximate surface area is 137 Å². The number of esters is 1. The van der Waals surface area contributed by atoms with Crippen LogP contribution in [0.3, 0.4) is 0 Å². The third kappa shape index (κ3) is 4.23. The first-order chi connectivity index (χ1) is 11.0. The number of ether oxygens (including phenoxy) is 2. The predicted molar refractivity (Wildman–Crippen MR) is 85.7 cm³/mol. The van der Waals surface area contributed by atoms with E-state index in [-0.39, 0.29) is 23.0 Å². The molecule has 0 unspecified atom stereocenters. The van der Waals surface area contributed by atoms with Crippen LogP contribution in [0.2, 0.25) is 0 Å². The average molecular weight is 335 g/mol. The van der Waals surface area contributed by atoms with E-state index >= 15 is 0 Å². The van der Waals surface area contributed by atoms with Crippen molar-refractivity contribution in [3.63, 3.8) is 0 Å². The number of methoxy groups -OCH3 is 1. The molecule has 0 aliphatic heterocycles. The quantitative estimate of drug-likeness (QED) is 0.820. The molecule has 0 saturated carbocycles. The second kappa shape index (κ2) is 7.64. The number of hydrogen-bond acceptors (Lipinski definition) is 6. The van der Waals surface area contributed by atoms with Crippen molar-refractivity contribution in [1.29, 1.82) is 0 Å². The summed E-state index contributed by atoms with van der Waals surface area (Å²) in [7, 11) is 3.02. The average Bonchev–Trinajstić information content (AvgIpc) is 3.05. The number of phenols is 1. The number of carbonyl (C=O) groups excluding carboxylic acids is 2. The lowest BCUT2D eigenvalue weighted by Gasteiger charge is -2.16. The van der Waals surface area contributed by atoms with Gasteiger partial charge in [-0.05, 0) is 23.6 Å². The van der Waals surface area contributed by atoms with Gasteiger partial charge in [0.25, 0.3) is 5.91 Å².